The standard InChI is InChI=1S/C17H25BrO3/c1-4-12(2)13-7-5-6-8-15(13)21-16-11-14(18)17(16)20-10-9-19-3/h5-8,12,14,16-17H,4,9-11H2,1-3H3. The summed E-state index contributed by atoms with van der Waals surface area (Å²) in [6, 6.07) is 8.34. The summed E-state index contributed by atoms with van der Waals surface area (Å²) in [6.45, 7) is 5.67. The van der Waals surface area contributed by atoms with Crippen molar-refractivity contribution >= 4 is 15.9 Å². The maximum absolute atomic E-state index is 6.22. The highest BCUT2D eigenvalue weighted by molar-refractivity contribution is 9.09. The molecular weight excluding hydrogens is 332 g/mol. The van der Waals surface area contributed by atoms with Crippen LogP contribution in [0, 0.1) is 0 Å². The Hall–Kier alpha value is -0.580. The molecule has 0 saturated heterocycles. The summed E-state index contributed by atoms with van der Waals surface area (Å²) in [5.74, 6) is 1.51. The third-order valence-electron chi connectivity index (χ3n) is 4.12. The van der Waals surface area contributed by atoms with Gasteiger partial charge in [0.2, 0.25) is 0 Å². The quantitative estimate of drug-likeness (QED) is 0.517. The third-order valence-corrected chi connectivity index (χ3v) is 5.01. The van der Waals surface area contributed by atoms with Gasteiger partial charge in [0.15, 0.2) is 0 Å². The topological polar surface area (TPSA) is 27.7 Å². The fourth-order valence-corrected chi connectivity index (χ4v) is 3.36. The third kappa shape index (κ3) is 4.21. The van der Waals surface area contributed by atoms with Gasteiger partial charge in [0.1, 0.15) is 18.0 Å². The van der Waals surface area contributed by atoms with Gasteiger partial charge in [-0.05, 0) is 24.0 Å². The summed E-state index contributed by atoms with van der Waals surface area (Å²) in [7, 11) is 1.69. The van der Waals surface area contributed by atoms with Gasteiger partial charge in [0, 0.05) is 18.4 Å². The van der Waals surface area contributed by atoms with Crippen LogP contribution in [0.5, 0.6) is 5.75 Å². The summed E-state index contributed by atoms with van der Waals surface area (Å²) in [6.07, 6.45) is 2.31. The van der Waals surface area contributed by atoms with Crippen LogP contribution < -0.4 is 4.74 Å². The highest BCUT2D eigenvalue weighted by Crippen LogP contribution is 2.37. The number of hydrogen-bond donors (Lipinski definition) is 0. The number of rotatable bonds is 8. The molecule has 4 atom stereocenters. The zero-order valence-electron chi connectivity index (χ0n) is 13.0. The van der Waals surface area contributed by atoms with Crippen molar-refractivity contribution in [3.8, 4) is 5.75 Å². The highest BCUT2D eigenvalue weighted by Gasteiger charge is 2.42. The smallest absolute Gasteiger partial charge is 0.127 e. The van der Waals surface area contributed by atoms with Gasteiger partial charge < -0.3 is 14.2 Å². The summed E-state index contributed by atoms with van der Waals surface area (Å²) < 4.78 is 17.1. The van der Waals surface area contributed by atoms with Crippen LogP contribution in [0.1, 0.15) is 38.2 Å². The van der Waals surface area contributed by atoms with E-state index in [0.717, 1.165) is 18.6 Å². The van der Waals surface area contributed by atoms with E-state index in [0.29, 0.717) is 24.0 Å². The lowest BCUT2D eigenvalue weighted by Crippen LogP contribution is -2.52. The van der Waals surface area contributed by atoms with E-state index >= 15 is 0 Å². The van der Waals surface area contributed by atoms with E-state index in [1.807, 2.05) is 6.07 Å². The fraction of sp³-hybridized carbons (Fsp3) is 0.647. The van der Waals surface area contributed by atoms with E-state index < -0.39 is 0 Å². The largest absolute Gasteiger partial charge is 0.487 e. The average molecular weight is 357 g/mol. The van der Waals surface area contributed by atoms with Crippen molar-refractivity contribution in [3.63, 3.8) is 0 Å². The van der Waals surface area contributed by atoms with Crippen LogP contribution in [0.4, 0.5) is 0 Å². The minimum Gasteiger partial charge on any atom is -0.487 e. The van der Waals surface area contributed by atoms with Gasteiger partial charge >= 0.3 is 0 Å². The van der Waals surface area contributed by atoms with Crippen molar-refractivity contribution in [2.45, 2.75) is 49.6 Å². The number of benzene rings is 1. The molecule has 0 heterocycles. The van der Waals surface area contributed by atoms with Gasteiger partial charge in [-0.3, -0.25) is 0 Å². The van der Waals surface area contributed by atoms with Crippen molar-refractivity contribution in [2.24, 2.45) is 0 Å². The molecule has 1 saturated carbocycles. The van der Waals surface area contributed by atoms with Gasteiger partial charge in [0.05, 0.1) is 13.2 Å². The molecule has 1 aromatic rings. The molecule has 4 heteroatoms. The first kappa shape index (κ1) is 16.8. The van der Waals surface area contributed by atoms with Gasteiger partial charge in [0.25, 0.3) is 0 Å². The predicted molar refractivity (Wildman–Crippen MR) is 88.5 cm³/mol. The minimum absolute atomic E-state index is 0.102. The Morgan fingerprint density at radius 2 is 2.05 bits per heavy atom. The number of ether oxygens (including phenoxy) is 3. The number of hydrogen-bond acceptors (Lipinski definition) is 3. The molecule has 0 aromatic heterocycles. The van der Waals surface area contributed by atoms with E-state index in [1.165, 1.54) is 5.56 Å². The first-order valence-corrected chi connectivity index (χ1v) is 8.59. The van der Waals surface area contributed by atoms with Crippen molar-refractivity contribution < 1.29 is 14.2 Å². The number of alkyl halides is 1. The molecule has 0 bridgehead atoms. The molecule has 3 nitrogen and oxygen atoms in total. The Morgan fingerprint density at radius 3 is 2.71 bits per heavy atom. The SMILES string of the molecule is CCC(C)c1ccccc1OC1CC(Br)C1OCCOC. The number of halogens is 1. The van der Waals surface area contributed by atoms with Crippen molar-refractivity contribution in [1.29, 1.82) is 0 Å². The second-order valence-electron chi connectivity index (χ2n) is 5.58. The lowest BCUT2D eigenvalue weighted by molar-refractivity contribution is -0.0868. The van der Waals surface area contributed by atoms with Crippen LogP contribution >= 0.6 is 15.9 Å². The molecule has 0 amide bonds. The second-order valence-corrected chi connectivity index (χ2v) is 6.76. The first-order valence-electron chi connectivity index (χ1n) is 7.67. The molecule has 1 fully saturated rings. The Kier molecular flexibility index (Phi) is 6.52. The molecule has 0 aliphatic heterocycles. The zero-order chi connectivity index (χ0) is 15.2. The summed E-state index contributed by atoms with van der Waals surface area (Å²) in [5.41, 5.74) is 1.29. The zero-order valence-corrected chi connectivity index (χ0v) is 14.6. The predicted octanol–water partition coefficient (Wildman–Crippen LogP) is 4.15. The van der Waals surface area contributed by atoms with Gasteiger partial charge in [-0.25, -0.2) is 0 Å². The molecule has 0 radical (unpaired) electrons. The second kappa shape index (κ2) is 8.16. The van der Waals surface area contributed by atoms with Crippen molar-refractivity contribution in [3.05, 3.63) is 29.8 Å². The Labute approximate surface area is 136 Å². The molecule has 1 aliphatic rings. The Morgan fingerprint density at radius 1 is 1.29 bits per heavy atom. The van der Waals surface area contributed by atoms with E-state index in [-0.39, 0.29) is 12.2 Å². The fourth-order valence-electron chi connectivity index (χ4n) is 2.50. The van der Waals surface area contributed by atoms with Gasteiger partial charge in [-0.2, -0.15) is 0 Å². The molecule has 1 aliphatic carbocycles. The molecule has 118 valence electrons. The molecule has 21 heavy (non-hydrogen) atoms. The number of methoxy groups -OCH3 is 1. The maximum atomic E-state index is 6.22. The molecule has 4 unspecified atom stereocenters. The van der Waals surface area contributed by atoms with Gasteiger partial charge in [-0.15, -0.1) is 0 Å². The Bertz CT molecular complexity index is 438. The minimum atomic E-state index is 0.102. The van der Waals surface area contributed by atoms with Crippen LogP contribution in [0.2, 0.25) is 0 Å². The average Bonchev–Trinajstić information content (AvgIpc) is 2.50. The van der Waals surface area contributed by atoms with E-state index in [1.54, 1.807) is 7.11 Å². The van der Waals surface area contributed by atoms with Crippen LogP contribution in [-0.4, -0.2) is 37.4 Å². The van der Waals surface area contributed by atoms with Crippen molar-refractivity contribution in [2.75, 3.05) is 20.3 Å². The molecule has 2 rings (SSSR count). The summed E-state index contributed by atoms with van der Waals surface area (Å²) >= 11 is 3.65. The normalized spacial score (nSPS) is 26.2. The lowest BCUT2D eigenvalue weighted by atomic mass is 9.91. The molecular formula is C17H25BrO3. The maximum Gasteiger partial charge on any atom is 0.127 e. The molecule has 0 N–H and O–H groups in total. The first-order chi connectivity index (χ1) is 10.2. The summed E-state index contributed by atoms with van der Waals surface area (Å²) in [4.78, 5) is 0.370. The van der Waals surface area contributed by atoms with E-state index in [2.05, 4.69) is 48.0 Å². The van der Waals surface area contributed by atoms with Crippen LogP contribution in [0.15, 0.2) is 24.3 Å². The molecule has 1 aromatic carbocycles. The van der Waals surface area contributed by atoms with Crippen LogP contribution in [0.25, 0.3) is 0 Å². The van der Waals surface area contributed by atoms with Crippen LogP contribution in [0.3, 0.4) is 0 Å². The lowest BCUT2D eigenvalue weighted by Gasteiger charge is -2.41. The van der Waals surface area contributed by atoms with Crippen molar-refractivity contribution in [1.82, 2.24) is 0 Å². The summed E-state index contributed by atoms with van der Waals surface area (Å²) in [5, 5.41) is 0. The van der Waals surface area contributed by atoms with E-state index in [4.69, 9.17) is 14.2 Å². The van der Waals surface area contributed by atoms with E-state index in [9.17, 15) is 0 Å². The van der Waals surface area contributed by atoms with Gasteiger partial charge in [-0.1, -0.05) is 48.0 Å². The number of para-hydroxylation sites is 1. The van der Waals surface area contributed by atoms with Crippen LogP contribution in [-0.2, 0) is 9.47 Å². The molecule has 0 spiro atoms. The monoisotopic (exact) mass is 356 g/mol. The highest BCUT2D eigenvalue weighted by atomic mass is 79.9. The Balaban J connectivity index is 1.98.